The summed E-state index contributed by atoms with van der Waals surface area (Å²) < 4.78 is 25.8. The predicted octanol–water partition coefficient (Wildman–Crippen LogP) is 3.48. The quantitative estimate of drug-likeness (QED) is 0.789. The zero-order valence-corrected chi connectivity index (χ0v) is 10.5. The van der Waals surface area contributed by atoms with E-state index >= 15 is 0 Å². The fraction of sp³-hybridized carbons (Fsp3) is 0.200. The Hall–Kier alpha value is -2.10. The molecule has 0 bridgehead atoms. The van der Waals surface area contributed by atoms with Gasteiger partial charge < -0.3 is 0 Å². The van der Waals surface area contributed by atoms with Crippen LogP contribution in [-0.4, -0.2) is 10.8 Å². The van der Waals surface area contributed by atoms with Crippen LogP contribution in [0.2, 0.25) is 0 Å². The maximum Gasteiger partial charge on any atom is 0.163 e. The zero-order valence-electron chi connectivity index (χ0n) is 10.5. The van der Waals surface area contributed by atoms with Crippen molar-refractivity contribution in [3.63, 3.8) is 0 Å². The maximum atomic E-state index is 13.1. The van der Waals surface area contributed by atoms with Crippen LogP contribution in [0.5, 0.6) is 0 Å². The number of hydrogen-bond donors (Lipinski definition) is 0. The summed E-state index contributed by atoms with van der Waals surface area (Å²) in [5.41, 5.74) is 1.60. The second-order valence-corrected chi connectivity index (χ2v) is 4.35. The minimum atomic E-state index is -0.399. The van der Waals surface area contributed by atoms with Gasteiger partial charge in [-0.25, -0.2) is 8.78 Å². The Bertz CT molecular complexity index is 594. The fourth-order valence-electron chi connectivity index (χ4n) is 1.76. The molecule has 4 heteroatoms. The number of benzene rings is 1. The first-order chi connectivity index (χ1) is 9.06. The van der Waals surface area contributed by atoms with Crippen LogP contribution in [0, 0.1) is 18.6 Å². The molecular weight excluding hydrogens is 248 g/mol. The lowest BCUT2D eigenvalue weighted by Gasteiger charge is -2.03. The Balaban J connectivity index is 2.01. The summed E-state index contributed by atoms with van der Waals surface area (Å²) in [4.78, 5) is 15.8. The highest BCUT2D eigenvalue weighted by Gasteiger charge is 2.08. The van der Waals surface area contributed by atoms with E-state index in [4.69, 9.17) is 0 Å². The number of Topliss-reactive ketones (excluding diaryl/α,β-unsaturated/α-hetero) is 1. The number of carbonyl (C=O) groups excluding carboxylic acids is 1. The molecule has 2 aromatic rings. The van der Waals surface area contributed by atoms with E-state index in [1.165, 1.54) is 24.3 Å². The molecule has 1 aromatic carbocycles. The molecule has 2 nitrogen and oxygen atoms in total. The zero-order chi connectivity index (χ0) is 13.8. The second-order valence-electron chi connectivity index (χ2n) is 4.35. The first-order valence-electron chi connectivity index (χ1n) is 5.96. The number of halogens is 2. The first kappa shape index (κ1) is 13.3. The Morgan fingerprint density at radius 1 is 1.21 bits per heavy atom. The lowest BCUT2D eigenvalue weighted by atomic mass is 10.0. The van der Waals surface area contributed by atoms with Crippen molar-refractivity contribution in [2.75, 3.05) is 0 Å². The van der Waals surface area contributed by atoms with Crippen molar-refractivity contribution in [3.05, 3.63) is 65.0 Å². The van der Waals surface area contributed by atoms with Crippen molar-refractivity contribution in [1.82, 2.24) is 4.98 Å². The van der Waals surface area contributed by atoms with Gasteiger partial charge in [-0.15, -0.1) is 0 Å². The number of hydrogen-bond acceptors (Lipinski definition) is 2. The van der Waals surface area contributed by atoms with Crippen molar-refractivity contribution >= 4 is 5.78 Å². The van der Waals surface area contributed by atoms with E-state index in [1.54, 1.807) is 13.0 Å². The number of aryl methyl sites for hydroxylation is 2. The molecule has 0 fully saturated rings. The minimum absolute atomic E-state index is 0.0748. The molecule has 0 aliphatic heterocycles. The first-order valence-corrected chi connectivity index (χ1v) is 5.96. The number of ketones is 1. The third-order valence-corrected chi connectivity index (χ3v) is 2.88. The van der Waals surface area contributed by atoms with Crippen molar-refractivity contribution in [2.24, 2.45) is 0 Å². The molecular formula is C15H13F2NO. The molecule has 0 atom stereocenters. The third-order valence-electron chi connectivity index (χ3n) is 2.88. The Morgan fingerprint density at radius 3 is 2.63 bits per heavy atom. The molecule has 0 N–H and O–H groups in total. The van der Waals surface area contributed by atoms with Crippen molar-refractivity contribution in [3.8, 4) is 0 Å². The Kier molecular flexibility index (Phi) is 4.00. The van der Waals surface area contributed by atoms with Gasteiger partial charge in [0.15, 0.2) is 5.78 Å². The Labute approximate surface area is 110 Å². The molecule has 2 rings (SSSR count). The van der Waals surface area contributed by atoms with Crippen LogP contribution in [0.15, 0.2) is 36.5 Å². The van der Waals surface area contributed by atoms with Crippen LogP contribution in [0.25, 0.3) is 0 Å². The van der Waals surface area contributed by atoms with Crippen LogP contribution < -0.4 is 0 Å². The number of nitrogens with zero attached hydrogens (tertiary/aromatic N) is 1. The molecule has 0 saturated carbocycles. The van der Waals surface area contributed by atoms with E-state index in [9.17, 15) is 13.6 Å². The van der Waals surface area contributed by atoms with Crippen LogP contribution in [-0.2, 0) is 6.42 Å². The average molecular weight is 261 g/mol. The van der Waals surface area contributed by atoms with E-state index < -0.39 is 5.82 Å². The smallest absolute Gasteiger partial charge is 0.163 e. The monoisotopic (exact) mass is 261 g/mol. The molecule has 0 amide bonds. The molecule has 1 heterocycles. The van der Waals surface area contributed by atoms with Crippen LogP contribution in [0.1, 0.15) is 28.0 Å². The van der Waals surface area contributed by atoms with E-state index in [-0.39, 0.29) is 18.0 Å². The van der Waals surface area contributed by atoms with Crippen LogP contribution in [0.4, 0.5) is 8.78 Å². The summed E-state index contributed by atoms with van der Waals surface area (Å²) in [6.45, 7) is 1.62. The van der Waals surface area contributed by atoms with E-state index in [0.29, 0.717) is 23.2 Å². The number of rotatable bonds is 4. The standard InChI is InChI=1S/C15H13F2NO/c1-10-8-11(2-6-14(10)17)15(19)7-5-13-4-3-12(16)9-18-13/h2-4,6,8-9H,5,7H2,1H3. The van der Waals surface area contributed by atoms with Gasteiger partial charge in [0.1, 0.15) is 11.6 Å². The number of pyridine rings is 1. The van der Waals surface area contributed by atoms with Crippen molar-refractivity contribution in [1.29, 1.82) is 0 Å². The van der Waals surface area contributed by atoms with Gasteiger partial charge in [0.25, 0.3) is 0 Å². The lowest BCUT2D eigenvalue weighted by Crippen LogP contribution is -2.03. The molecule has 19 heavy (non-hydrogen) atoms. The van der Waals surface area contributed by atoms with Gasteiger partial charge in [-0.2, -0.15) is 0 Å². The topological polar surface area (TPSA) is 30.0 Å². The predicted molar refractivity (Wildman–Crippen MR) is 68.0 cm³/mol. The summed E-state index contributed by atoms with van der Waals surface area (Å²) in [6, 6.07) is 7.17. The largest absolute Gasteiger partial charge is 0.294 e. The summed E-state index contributed by atoms with van der Waals surface area (Å²) in [5.74, 6) is -0.796. The minimum Gasteiger partial charge on any atom is -0.294 e. The van der Waals surface area contributed by atoms with Crippen LogP contribution in [0.3, 0.4) is 0 Å². The molecule has 1 aromatic heterocycles. The van der Waals surface area contributed by atoms with Gasteiger partial charge in [0, 0.05) is 17.7 Å². The number of aromatic nitrogens is 1. The van der Waals surface area contributed by atoms with Gasteiger partial charge in [-0.3, -0.25) is 9.78 Å². The average Bonchev–Trinajstić information content (AvgIpc) is 2.41. The van der Waals surface area contributed by atoms with E-state index in [1.807, 2.05) is 0 Å². The second kappa shape index (κ2) is 5.69. The van der Waals surface area contributed by atoms with Gasteiger partial charge >= 0.3 is 0 Å². The highest BCUT2D eigenvalue weighted by molar-refractivity contribution is 5.96. The molecule has 0 aliphatic carbocycles. The Morgan fingerprint density at radius 2 is 2.00 bits per heavy atom. The molecule has 0 aliphatic rings. The molecule has 0 unspecified atom stereocenters. The fourth-order valence-corrected chi connectivity index (χ4v) is 1.76. The van der Waals surface area contributed by atoms with Gasteiger partial charge in [0.05, 0.1) is 6.20 Å². The normalized spacial score (nSPS) is 10.5. The van der Waals surface area contributed by atoms with Crippen molar-refractivity contribution < 1.29 is 13.6 Å². The maximum absolute atomic E-state index is 13.1. The molecule has 0 radical (unpaired) electrons. The summed E-state index contributed by atoms with van der Waals surface area (Å²) >= 11 is 0. The SMILES string of the molecule is Cc1cc(C(=O)CCc2ccc(F)cn2)ccc1F. The van der Waals surface area contributed by atoms with E-state index in [0.717, 1.165) is 6.20 Å². The van der Waals surface area contributed by atoms with Gasteiger partial charge in [0.2, 0.25) is 0 Å². The number of carbonyl (C=O) groups is 1. The van der Waals surface area contributed by atoms with Gasteiger partial charge in [-0.05, 0) is 49.2 Å². The lowest BCUT2D eigenvalue weighted by molar-refractivity contribution is 0.0982. The van der Waals surface area contributed by atoms with Crippen LogP contribution >= 0.6 is 0 Å². The highest BCUT2D eigenvalue weighted by Crippen LogP contribution is 2.12. The molecule has 98 valence electrons. The molecule has 0 spiro atoms. The highest BCUT2D eigenvalue weighted by atomic mass is 19.1. The van der Waals surface area contributed by atoms with E-state index in [2.05, 4.69) is 4.98 Å². The summed E-state index contributed by atoms with van der Waals surface area (Å²) in [6.07, 6.45) is 1.83. The molecule has 0 saturated heterocycles. The summed E-state index contributed by atoms with van der Waals surface area (Å²) in [5, 5.41) is 0. The third kappa shape index (κ3) is 3.44. The van der Waals surface area contributed by atoms with Crippen molar-refractivity contribution in [2.45, 2.75) is 19.8 Å². The summed E-state index contributed by atoms with van der Waals surface area (Å²) in [7, 11) is 0. The van der Waals surface area contributed by atoms with Gasteiger partial charge in [-0.1, -0.05) is 0 Å².